The number of H-pyrrole nitrogens is 2. The third kappa shape index (κ3) is 3.10. The van der Waals surface area contributed by atoms with Gasteiger partial charge in [-0.05, 0) is 17.2 Å². The van der Waals surface area contributed by atoms with Crippen molar-refractivity contribution in [2.75, 3.05) is 11.9 Å². The van der Waals surface area contributed by atoms with Crippen molar-refractivity contribution in [3.8, 4) is 0 Å². The van der Waals surface area contributed by atoms with Crippen LogP contribution in [0, 0.1) is 0 Å². The molecule has 5 rings (SSSR count). The smallest absolute Gasteiger partial charge is 0.291 e. The van der Waals surface area contributed by atoms with E-state index in [1.807, 2.05) is 36.5 Å². The number of amides is 2. The van der Waals surface area contributed by atoms with Crippen LogP contribution < -0.4 is 10.2 Å². The number of carbonyl (C=O) groups is 2. The maximum absolute atomic E-state index is 13.0. The van der Waals surface area contributed by atoms with Gasteiger partial charge in [0.25, 0.3) is 5.91 Å². The monoisotopic (exact) mass is 401 g/mol. The molecule has 0 saturated heterocycles. The number of nitrogens with zero attached hydrogens (tertiary/aromatic N) is 4. The van der Waals surface area contributed by atoms with E-state index < -0.39 is 11.9 Å². The predicted octanol–water partition coefficient (Wildman–Crippen LogP) is 1.59. The number of likely N-dealkylation sites (N-methyl/N-ethyl adjacent to an activating group) is 1. The van der Waals surface area contributed by atoms with E-state index in [2.05, 4.69) is 30.5 Å². The number of nitrogens with one attached hydrogen (secondary N) is 3. The van der Waals surface area contributed by atoms with Gasteiger partial charge in [-0.3, -0.25) is 14.7 Å². The van der Waals surface area contributed by atoms with Crippen molar-refractivity contribution in [3.63, 3.8) is 0 Å². The third-order valence-electron chi connectivity index (χ3n) is 5.30. The molecule has 0 spiro atoms. The lowest BCUT2D eigenvalue weighted by atomic mass is 10.1. The third-order valence-corrected chi connectivity index (χ3v) is 5.30. The first-order valence-corrected chi connectivity index (χ1v) is 9.59. The maximum Gasteiger partial charge on any atom is 0.291 e. The molecule has 1 aliphatic rings. The lowest BCUT2D eigenvalue weighted by Gasteiger charge is -2.21. The first kappa shape index (κ1) is 18.0. The highest BCUT2D eigenvalue weighted by molar-refractivity contribution is 6.08. The number of hydrogen-bond acceptors (Lipinski definition) is 5. The zero-order valence-electron chi connectivity index (χ0n) is 16.2. The maximum atomic E-state index is 13.0. The zero-order valence-corrected chi connectivity index (χ0v) is 16.2. The van der Waals surface area contributed by atoms with Gasteiger partial charge in [0.1, 0.15) is 17.5 Å². The van der Waals surface area contributed by atoms with Crippen LogP contribution in [0.5, 0.6) is 0 Å². The molecule has 9 heteroatoms. The molecule has 0 bridgehead atoms. The Kier molecular flexibility index (Phi) is 4.27. The molecule has 1 aromatic carbocycles. The summed E-state index contributed by atoms with van der Waals surface area (Å²) in [6, 6.07) is 10.9. The number of carbonyl (C=O) groups excluding carboxylic acids is 2. The minimum absolute atomic E-state index is 0.0130. The summed E-state index contributed by atoms with van der Waals surface area (Å²) in [6.07, 6.45) is 4.38. The molecule has 2 amide bonds. The van der Waals surface area contributed by atoms with Gasteiger partial charge in [0, 0.05) is 37.7 Å². The highest BCUT2D eigenvalue weighted by atomic mass is 16.2. The molecule has 0 saturated carbocycles. The SMILES string of the molecule is CN1C(=O)[C@@H](NC(=O)c2n[nH]c(Cc3ccccc3)n2)Cc2c[nH]c3nccc1c23. The van der Waals surface area contributed by atoms with E-state index in [-0.39, 0.29) is 11.7 Å². The second-order valence-electron chi connectivity index (χ2n) is 7.26. The fourth-order valence-electron chi connectivity index (χ4n) is 3.81. The van der Waals surface area contributed by atoms with E-state index in [9.17, 15) is 9.59 Å². The molecule has 3 N–H and O–H groups in total. The highest BCUT2D eigenvalue weighted by Gasteiger charge is 2.32. The number of pyridine rings is 1. The second-order valence-corrected chi connectivity index (χ2v) is 7.26. The Morgan fingerprint density at radius 2 is 2.10 bits per heavy atom. The van der Waals surface area contributed by atoms with Crippen molar-refractivity contribution in [2.24, 2.45) is 0 Å². The highest BCUT2D eigenvalue weighted by Crippen LogP contribution is 2.31. The fourth-order valence-corrected chi connectivity index (χ4v) is 3.81. The van der Waals surface area contributed by atoms with Gasteiger partial charge in [-0.2, -0.15) is 0 Å². The van der Waals surface area contributed by atoms with Crippen LogP contribution >= 0.6 is 0 Å². The largest absolute Gasteiger partial charge is 0.346 e. The number of benzene rings is 1. The molecule has 0 fully saturated rings. The van der Waals surface area contributed by atoms with E-state index in [0.29, 0.717) is 24.3 Å². The van der Waals surface area contributed by atoms with Gasteiger partial charge in [-0.1, -0.05) is 30.3 Å². The van der Waals surface area contributed by atoms with Gasteiger partial charge in [0.2, 0.25) is 11.7 Å². The standard InChI is InChI=1S/C21H19N7O2/c1-28-15-7-8-22-18-17(15)13(11-23-18)10-14(21(28)30)24-20(29)19-25-16(26-27-19)9-12-5-3-2-4-6-12/h2-8,11,14H,9-10H2,1H3,(H,22,23)(H,24,29)(H,25,26,27)/t14-/m0/s1. The van der Waals surface area contributed by atoms with Crippen LogP contribution in [0.3, 0.4) is 0 Å². The Labute approximate surface area is 171 Å². The Hall–Kier alpha value is -4.01. The average Bonchev–Trinajstić information content (AvgIpc) is 3.38. The summed E-state index contributed by atoms with van der Waals surface area (Å²) < 4.78 is 0. The minimum atomic E-state index is -0.732. The molecule has 3 aromatic heterocycles. The minimum Gasteiger partial charge on any atom is -0.346 e. The van der Waals surface area contributed by atoms with Gasteiger partial charge >= 0.3 is 0 Å². The number of aromatic amines is 2. The van der Waals surface area contributed by atoms with Crippen molar-refractivity contribution < 1.29 is 9.59 Å². The van der Waals surface area contributed by atoms with E-state index >= 15 is 0 Å². The normalized spacial score (nSPS) is 16.0. The second kappa shape index (κ2) is 7.11. The van der Waals surface area contributed by atoms with Gasteiger partial charge < -0.3 is 15.2 Å². The summed E-state index contributed by atoms with van der Waals surface area (Å²) in [5.41, 5.74) is 3.47. The first-order chi connectivity index (χ1) is 14.6. The lowest BCUT2D eigenvalue weighted by molar-refractivity contribution is -0.120. The Balaban J connectivity index is 1.36. The molecule has 4 aromatic rings. The van der Waals surface area contributed by atoms with Crippen molar-refractivity contribution in [1.82, 2.24) is 30.5 Å². The van der Waals surface area contributed by atoms with Crippen LogP contribution in [0.4, 0.5) is 5.69 Å². The molecule has 4 heterocycles. The molecule has 0 aliphatic carbocycles. The summed E-state index contributed by atoms with van der Waals surface area (Å²) in [6.45, 7) is 0. The summed E-state index contributed by atoms with van der Waals surface area (Å²) in [7, 11) is 1.70. The summed E-state index contributed by atoms with van der Waals surface area (Å²) >= 11 is 0. The number of rotatable bonds is 4. The van der Waals surface area contributed by atoms with Crippen LogP contribution in [0.15, 0.2) is 48.8 Å². The van der Waals surface area contributed by atoms with Crippen LogP contribution in [-0.2, 0) is 17.6 Å². The van der Waals surface area contributed by atoms with Crippen LogP contribution in [0.2, 0.25) is 0 Å². The molecular weight excluding hydrogens is 382 g/mol. The zero-order chi connectivity index (χ0) is 20.7. The van der Waals surface area contributed by atoms with Crippen molar-refractivity contribution in [3.05, 3.63) is 71.6 Å². The van der Waals surface area contributed by atoms with Crippen molar-refractivity contribution >= 4 is 28.5 Å². The van der Waals surface area contributed by atoms with E-state index in [1.54, 1.807) is 24.2 Å². The summed E-state index contributed by atoms with van der Waals surface area (Å²) in [5.74, 6) is -0.0965. The number of aromatic nitrogens is 5. The molecule has 150 valence electrons. The van der Waals surface area contributed by atoms with Crippen molar-refractivity contribution in [1.29, 1.82) is 0 Å². The van der Waals surface area contributed by atoms with Crippen LogP contribution in [-0.4, -0.2) is 50.1 Å². The molecule has 0 radical (unpaired) electrons. The lowest BCUT2D eigenvalue weighted by Crippen LogP contribution is -2.48. The average molecular weight is 401 g/mol. The van der Waals surface area contributed by atoms with Gasteiger partial charge in [0.15, 0.2) is 0 Å². The van der Waals surface area contributed by atoms with Gasteiger partial charge in [-0.15, -0.1) is 5.10 Å². The molecule has 1 aliphatic heterocycles. The quantitative estimate of drug-likeness (QED) is 0.480. The van der Waals surface area contributed by atoms with Crippen LogP contribution in [0.1, 0.15) is 27.6 Å². The summed E-state index contributed by atoms with van der Waals surface area (Å²) in [5, 5.41) is 10.5. The van der Waals surface area contributed by atoms with Crippen LogP contribution in [0.25, 0.3) is 11.0 Å². The van der Waals surface area contributed by atoms with Crippen molar-refractivity contribution in [2.45, 2.75) is 18.9 Å². The Morgan fingerprint density at radius 1 is 1.27 bits per heavy atom. The fraction of sp³-hybridized carbons (Fsp3) is 0.190. The molecule has 30 heavy (non-hydrogen) atoms. The number of hydrogen-bond donors (Lipinski definition) is 3. The summed E-state index contributed by atoms with van der Waals surface area (Å²) in [4.78, 5) is 39.0. The van der Waals surface area contributed by atoms with E-state index in [1.165, 1.54) is 0 Å². The Morgan fingerprint density at radius 3 is 2.93 bits per heavy atom. The molecule has 9 nitrogen and oxygen atoms in total. The topological polar surface area (TPSA) is 120 Å². The van der Waals surface area contributed by atoms with E-state index in [0.717, 1.165) is 22.2 Å². The van der Waals surface area contributed by atoms with Gasteiger partial charge in [0.05, 0.1) is 5.69 Å². The first-order valence-electron chi connectivity index (χ1n) is 9.59. The Bertz CT molecular complexity index is 1240. The number of anilines is 1. The van der Waals surface area contributed by atoms with E-state index in [4.69, 9.17) is 0 Å². The molecular formula is C21H19N7O2. The van der Waals surface area contributed by atoms with Gasteiger partial charge in [-0.25, -0.2) is 9.97 Å². The molecule has 1 atom stereocenters. The predicted molar refractivity (Wildman–Crippen MR) is 110 cm³/mol. The molecule has 0 unspecified atom stereocenters.